The SMILES string of the molecule is CCN(C1CC1)C1CC(C)CCC1CN. The lowest BCUT2D eigenvalue weighted by Gasteiger charge is -2.41. The van der Waals surface area contributed by atoms with E-state index < -0.39 is 0 Å². The monoisotopic (exact) mass is 210 g/mol. The minimum atomic E-state index is 0.766. The lowest BCUT2D eigenvalue weighted by molar-refractivity contribution is 0.0838. The number of nitrogens with two attached hydrogens (primary N) is 1. The van der Waals surface area contributed by atoms with Crippen molar-refractivity contribution in [1.82, 2.24) is 4.90 Å². The summed E-state index contributed by atoms with van der Waals surface area (Å²) >= 11 is 0. The van der Waals surface area contributed by atoms with Crippen molar-refractivity contribution in [3.8, 4) is 0 Å². The van der Waals surface area contributed by atoms with Gasteiger partial charge in [0.05, 0.1) is 0 Å². The van der Waals surface area contributed by atoms with E-state index in [0.29, 0.717) is 0 Å². The van der Waals surface area contributed by atoms with Crippen molar-refractivity contribution in [2.75, 3.05) is 13.1 Å². The second-order valence-corrected chi connectivity index (χ2v) is 5.54. The summed E-state index contributed by atoms with van der Waals surface area (Å²) in [4.78, 5) is 2.74. The maximum absolute atomic E-state index is 5.93. The highest BCUT2D eigenvalue weighted by Crippen LogP contribution is 2.37. The lowest BCUT2D eigenvalue weighted by Crippen LogP contribution is -2.47. The zero-order chi connectivity index (χ0) is 10.8. The molecule has 2 nitrogen and oxygen atoms in total. The fraction of sp³-hybridized carbons (Fsp3) is 1.00. The molecule has 0 amide bonds. The Morgan fingerprint density at radius 1 is 1.20 bits per heavy atom. The van der Waals surface area contributed by atoms with Gasteiger partial charge < -0.3 is 5.73 Å². The van der Waals surface area contributed by atoms with E-state index in [1.54, 1.807) is 0 Å². The Hall–Kier alpha value is -0.0800. The highest BCUT2D eigenvalue weighted by atomic mass is 15.2. The normalized spacial score (nSPS) is 37.2. The predicted octanol–water partition coefficient (Wildman–Crippen LogP) is 2.23. The Morgan fingerprint density at radius 3 is 2.47 bits per heavy atom. The van der Waals surface area contributed by atoms with Crippen molar-refractivity contribution in [1.29, 1.82) is 0 Å². The first-order chi connectivity index (χ1) is 7.26. The average molecular weight is 210 g/mol. The zero-order valence-electron chi connectivity index (χ0n) is 10.3. The molecule has 2 saturated carbocycles. The maximum atomic E-state index is 5.93. The zero-order valence-corrected chi connectivity index (χ0v) is 10.3. The van der Waals surface area contributed by atoms with Crippen LogP contribution in [-0.2, 0) is 0 Å². The van der Waals surface area contributed by atoms with Crippen LogP contribution in [0.25, 0.3) is 0 Å². The second-order valence-electron chi connectivity index (χ2n) is 5.54. The minimum absolute atomic E-state index is 0.766. The molecule has 0 aromatic rings. The van der Waals surface area contributed by atoms with E-state index in [9.17, 15) is 0 Å². The van der Waals surface area contributed by atoms with Crippen molar-refractivity contribution in [3.05, 3.63) is 0 Å². The van der Waals surface area contributed by atoms with Gasteiger partial charge in [0.25, 0.3) is 0 Å². The van der Waals surface area contributed by atoms with Crippen molar-refractivity contribution >= 4 is 0 Å². The number of nitrogens with zero attached hydrogens (tertiary/aromatic N) is 1. The molecule has 0 saturated heterocycles. The molecule has 2 heteroatoms. The number of hydrogen-bond donors (Lipinski definition) is 1. The van der Waals surface area contributed by atoms with Crippen molar-refractivity contribution in [2.45, 2.75) is 58.0 Å². The molecule has 88 valence electrons. The largest absolute Gasteiger partial charge is 0.330 e. The van der Waals surface area contributed by atoms with Gasteiger partial charge in [0, 0.05) is 12.1 Å². The van der Waals surface area contributed by atoms with Crippen LogP contribution in [0.4, 0.5) is 0 Å². The summed E-state index contributed by atoms with van der Waals surface area (Å²) < 4.78 is 0. The Balaban J connectivity index is 2.00. The first-order valence-corrected chi connectivity index (χ1v) is 6.72. The van der Waals surface area contributed by atoms with Gasteiger partial charge in [-0.2, -0.15) is 0 Å². The summed E-state index contributed by atoms with van der Waals surface area (Å²) in [7, 11) is 0. The van der Waals surface area contributed by atoms with Gasteiger partial charge in [-0.1, -0.05) is 20.3 Å². The fourth-order valence-corrected chi connectivity index (χ4v) is 3.26. The maximum Gasteiger partial charge on any atom is 0.0141 e. The van der Waals surface area contributed by atoms with Crippen molar-refractivity contribution in [3.63, 3.8) is 0 Å². The van der Waals surface area contributed by atoms with Crippen LogP contribution in [0.15, 0.2) is 0 Å². The molecule has 0 bridgehead atoms. The molecule has 0 aromatic carbocycles. The molecule has 2 aliphatic rings. The summed E-state index contributed by atoms with van der Waals surface area (Å²) in [5, 5.41) is 0. The van der Waals surface area contributed by atoms with Crippen LogP contribution in [0.5, 0.6) is 0 Å². The predicted molar refractivity (Wildman–Crippen MR) is 64.7 cm³/mol. The topological polar surface area (TPSA) is 29.3 Å². The third-order valence-electron chi connectivity index (χ3n) is 4.33. The average Bonchev–Trinajstić information content (AvgIpc) is 3.04. The van der Waals surface area contributed by atoms with E-state index >= 15 is 0 Å². The molecule has 2 N–H and O–H groups in total. The summed E-state index contributed by atoms with van der Waals surface area (Å²) in [5.41, 5.74) is 5.93. The molecule has 0 radical (unpaired) electrons. The Morgan fingerprint density at radius 2 is 1.93 bits per heavy atom. The number of rotatable bonds is 4. The lowest BCUT2D eigenvalue weighted by atomic mass is 9.78. The molecule has 3 unspecified atom stereocenters. The van der Waals surface area contributed by atoms with Crippen LogP contribution in [0, 0.1) is 11.8 Å². The molecule has 2 aliphatic carbocycles. The van der Waals surface area contributed by atoms with E-state index in [1.165, 1.54) is 38.6 Å². The van der Waals surface area contributed by atoms with Gasteiger partial charge in [-0.15, -0.1) is 0 Å². The van der Waals surface area contributed by atoms with Crippen LogP contribution < -0.4 is 5.73 Å². The summed E-state index contributed by atoms with van der Waals surface area (Å²) in [5.74, 6) is 1.67. The van der Waals surface area contributed by atoms with Gasteiger partial charge in [0.2, 0.25) is 0 Å². The van der Waals surface area contributed by atoms with Crippen molar-refractivity contribution in [2.24, 2.45) is 17.6 Å². The van der Waals surface area contributed by atoms with E-state index in [2.05, 4.69) is 18.7 Å². The molecule has 3 atom stereocenters. The Labute approximate surface area is 94.2 Å². The van der Waals surface area contributed by atoms with E-state index in [1.807, 2.05) is 0 Å². The molecular formula is C13H26N2. The molecule has 2 fully saturated rings. The molecule has 2 rings (SSSR count). The van der Waals surface area contributed by atoms with Gasteiger partial charge in [0.15, 0.2) is 0 Å². The fourth-order valence-electron chi connectivity index (χ4n) is 3.26. The number of hydrogen-bond acceptors (Lipinski definition) is 2. The van der Waals surface area contributed by atoms with Gasteiger partial charge in [0.1, 0.15) is 0 Å². The van der Waals surface area contributed by atoms with E-state index in [0.717, 1.165) is 30.5 Å². The van der Waals surface area contributed by atoms with Crippen LogP contribution in [0.1, 0.15) is 46.0 Å². The summed E-state index contributed by atoms with van der Waals surface area (Å²) in [6, 6.07) is 1.69. The third kappa shape index (κ3) is 2.54. The highest BCUT2D eigenvalue weighted by Gasteiger charge is 2.38. The van der Waals surface area contributed by atoms with Crippen LogP contribution >= 0.6 is 0 Å². The highest BCUT2D eigenvalue weighted by molar-refractivity contribution is 4.93. The van der Waals surface area contributed by atoms with Gasteiger partial charge >= 0.3 is 0 Å². The van der Waals surface area contributed by atoms with Gasteiger partial charge in [-0.3, -0.25) is 4.90 Å². The third-order valence-corrected chi connectivity index (χ3v) is 4.33. The van der Waals surface area contributed by atoms with Crippen molar-refractivity contribution < 1.29 is 0 Å². The molecule has 0 aliphatic heterocycles. The Bertz CT molecular complexity index is 201. The molecule has 0 heterocycles. The summed E-state index contributed by atoms with van der Waals surface area (Å²) in [6.45, 7) is 6.82. The first-order valence-electron chi connectivity index (χ1n) is 6.72. The standard InChI is InChI=1S/C13H26N2/c1-3-15(12-6-7-12)13-8-10(2)4-5-11(13)9-14/h10-13H,3-9,14H2,1-2H3. The molecule has 0 spiro atoms. The van der Waals surface area contributed by atoms with Gasteiger partial charge in [-0.05, 0) is 50.6 Å². The van der Waals surface area contributed by atoms with E-state index in [-0.39, 0.29) is 0 Å². The van der Waals surface area contributed by atoms with Crippen LogP contribution in [0.2, 0.25) is 0 Å². The molecular weight excluding hydrogens is 184 g/mol. The van der Waals surface area contributed by atoms with Crippen LogP contribution in [-0.4, -0.2) is 30.1 Å². The molecule has 0 aromatic heterocycles. The summed E-state index contributed by atoms with van der Waals surface area (Å²) in [6.07, 6.45) is 6.98. The smallest absolute Gasteiger partial charge is 0.0141 e. The minimum Gasteiger partial charge on any atom is -0.330 e. The first kappa shape index (κ1) is 11.4. The molecule has 15 heavy (non-hydrogen) atoms. The Kier molecular flexibility index (Phi) is 3.68. The second kappa shape index (κ2) is 4.84. The van der Waals surface area contributed by atoms with Crippen LogP contribution in [0.3, 0.4) is 0 Å². The van der Waals surface area contributed by atoms with Gasteiger partial charge in [-0.25, -0.2) is 0 Å². The quantitative estimate of drug-likeness (QED) is 0.771. The van der Waals surface area contributed by atoms with E-state index in [4.69, 9.17) is 5.73 Å².